The predicted molar refractivity (Wildman–Crippen MR) is 117 cm³/mol. The Balaban J connectivity index is 1.74. The third kappa shape index (κ3) is 5.05. The van der Waals surface area contributed by atoms with Crippen LogP contribution in [0.2, 0.25) is 0 Å². The SMILES string of the molecule is Cn1cc(-c2nc(CN3C=CC=C(OC(F)F)C3)c(N)nc2-c2ccc(F)cc2)ccc1=O. The van der Waals surface area contributed by atoms with Crippen molar-refractivity contribution in [3.05, 3.63) is 88.6 Å². The zero-order chi connectivity index (χ0) is 23.5. The lowest BCUT2D eigenvalue weighted by molar-refractivity contribution is -0.0999. The van der Waals surface area contributed by atoms with Crippen LogP contribution in [0.5, 0.6) is 0 Å². The van der Waals surface area contributed by atoms with E-state index in [1.54, 1.807) is 48.6 Å². The van der Waals surface area contributed by atoms with Gasteiger partial charge in [0.05, 0.1) is 24.5 Å². The van der Waals surface area contributed by atoms with E-state index >= 15 is 0 Å². The molecule has 1 aliphatic rings. The minimum atomic E-state index is -2.92. The van der Waals surface area contributed by atoms with Gasteiger partial charge in [-0.25, -0.2) is 14.4 Å². The summed E-state index contributed by atoms with van der Waals surface area (Å²) in [7, 11) is 1.62. The summed E-state index contributed by atoms with van der Waals surface area (Å²) in [5.74, 6) is -0.144. The van der Waals surface area contributed by atoms with Crippen molar-refractivity contribution in [3.63, 3.8) is 0 Å². The number of allylic oxidation sites excluding steroid dienone is 2. The van der Waals surface area contributed by atoms with Crippen LogP contribution in [0.3, 0.4) is 0 Å². The molecule has 10 heteroatoms. The molecule has 0 amide bonds. The van der Waals surface area contributed by atoms with E-state index in [9.17, 15) is 18.0 Å². The fourth-order valence-electron chi connectivity index (χ4n) is 3.41. The largest absolute Gasteiger partial charge is 0.437 e. The molecule has 2 aromatic heterocycles. The predicted octanol–water partition coefficient (Wildman–Crippen LogP) is 3.68. The van der Waals surface area contributed by atoms with Crippen molar-refractivity contribution < 1.29 is 17.9 Å². The molecule has 0 unspecified atom stereocenters. The van der Waals surface area contributed by atoms with Crippen LogP contribution in [0.1, 0.15) is 5.69 Å². The number of rotatable bonds is 6. The van der Waals surface area contributed by atoms with Crippen LogP contribution in [-0.4, -0.2) is 32.6 Å². The Kier molecular flexibility index (Phi) is 6.16. The summed E-state index contributed by atoms with van der Waals surface area (Å²) in [5, 5.41) is 0. The van der Waals surface area contributed by atoms with Crippen molar-refractivity contribution in [2.75, 3.05) is 12.3 Å². The van der Waals surface area contributed by atoms with E-state index in [0.717, 1.165) is 0 Å². The third-order valence-electron chi connectivity index (χ3n) is 5.01. The van der Waals surface area contributed by atoms with Gasteiger partial charge in [-0.1, -0.05) is 0 Å². The summed E-state index contributed by atoms with van der Waals surface area (Å²) in [5.41, 5.74) is 8.50. The Hall–Kier alpha value is -4.08. The number of benzene rings is 1. The van der Waals surface area contributed by atoms with Crippen molar-refractivity contribution >= 4 is 5.82 Å². The van der Waals surface area contributed by atoms with Crippen LogP contribution in [0.25, 0.3) is 22.5 Å². The molecule has 0 saturated carbocycles. The monoisotopic (exact) mass is 455 g/mol. The Bertz CT molecular complexity index is 1290. The van der Waals surface area contributed by atoms with Gasteiger partial charge in [0, 0.05) is 36.6 Å². The zero-order valence-electron chi connectivity index (χ0n) is 17.6. The number of nitrogens with two attached hydrogens (primary N) is 1. The average molecular weight is 455 g/mol. The van der Waals surface area contributed by atoms with Crippen LogP contribution in [0.15, 0.2) is 71.5 Å². The van der Waals surface area contributed by atoms with Crippen molar-refractivity contribution in [2.45, 2.75) is 13.2 Å². The quantitative estimate of drug-likeness (QED) is 0.610. The Morgan fingerprint density at radius 1 is 1.09 bits per heavy atom. The maximum Gasteiger partial charge on any atom is 0.387 e. The number of aryl methyl sites for hydroxylation is 1. The molecule has 1 aliphatic heterocycles. The first-order valence-electron chi connectivity index (χ1n) is 9.96. The fraction of sp³-hybridized carbons (Fsp3) is 0.174. The molecular weight excluding hydrogens is 435 g/mol. The van der Waals surface area contributed by atoms with E-state index in [1.165, 1.54) is 28.8 Å². The van der Waals surface area contributed by atoms with E-state index < -0.39 is 12.4 Å². The Morgan fingerprint density at radius 2 is 1.79 bits per heavy atom. The molecule has 170 valence electrons. The van der Waals surface area contributed by atoms with Gasteiger partial charge in [-0.15, -0.1) is 0 Å². The van der Waals surface area contributed by atoms with E-state index in [4.69, 9.17) is 10.7 Å². The summed E-state index contributed by atoms with van der Waals surface area (Å²) in [4.78, 5) is 22.8. The average Bonchev–Trinajstić information content (AvgIpc) is 2.77. The fourth-order valence-corrected chi connectivity index (χ4v) is 3.41. The highest BCUT2D eigenvalue weighted by Crippen LogP contribution is 2.31. The maximum atomic E-state index is 13.5. The molecular formula is C23H20F3N5O2. The molecule has 33 heavy (non-hydrogen) atoms. The second kappa shape index (κ2) is 9.19. The summed E-state index contributed by atoms with van der Waals surface area (Å²) in [6.07, 6.45) is 6.38. The van der Waals surface area contributed by atoms with Crippen molar-refractivity contribution in [1.29, 1.82) is 0 Å². The molecule has 3 aromatic rings. The molecule has 0 radical (unpaired) electrons. The molecule has 0 fully saturated rings. The molecule has 3 heterocycles. The highest BCUT2D eigenvalue weighted by atomic mass is 19.3. The molecule has 0 saturated heterocycles. The first-order chi connectivity index (χ1) is 15.8. The number of ether oxygens (including phenoxy) is 1. The van der Waals surface area contributed by atoms with Crippen LogP contribution in [-0.2, 0) is 18.3 Å². The number of anilines is 1. The van der Waals surface area contributed by atoms with Gasteiger partial charge in [0.15, 0.2) is 0 Å². The van der Waals surface area contributed by atoms with Crippen LogP contribution in [0, 0.1) is 5.82 Å². The maximum absolute atomic E-state index is 13.5. The van der Waals surface area contributed by atoms with Gasteiger partial charge in [-0.3, -0.25) is 4.79 Å². The van der Waals surface area contributed by atoms with Crippen LogP contribution >= 0.6 is 0 Å². The number of pyridine rings is 1. The number of aromatic nitrogens is 3. The molecule has 0 aliphatic carbocycles. The topological polar surface area (TPSA) is 86.3 Å². The smallest absolute Gasteiger partial charge is 0.387 e. The number of halogens is 3. The van der Waals surface area contributed by atoms with Gasteiger partial charge in [-0.2, -0.15) is 8.78 Å². The van der Waals surface area contributed by atoms with E-state index in [1.807, 2.05) is 0 Å². The van der Waals surface area contributed by atoms with Gasteiger partial charge in [0.25, 0.3) is 0 Å². The van der Waals surface area contributed by atoms with Crippen molar-refractivity contribution in [1.82, 2.24) is 19.4 Å². The lowest BCUT2D eigenvalue weighted by Crippen LogP contribution is -2.25. The minimum Gasteiger partial charge on any atom is -0.437 e. The van der Waals surface area contributed by atoms with Gasteiger partial charge >= 0.3 is 6.61 Å². The number of alkyl halides is 2. The summed E-state index contributed by atoms with van der Waals surface area (Å²) >= 11 is 0. The van der Waals surface area contributed by atoms with Crippen molar-refractivity contribution in [3.8, 4) is 22.5 Å². The third-order valence-corrected chi connectivity index (χ3v) is 5.01. The Labute approximate surface area is 187 Å². The first-order valence-corrected chi connectivity index (χ1v) is 9.96. The van der Waals surface area contributed by atoms with Crippen molar-refractivity contribution in [2.24, 2.45) is 7.05 Å². The molecule has 0 bridgehead atoms. The van der Waals surface area contributed by atoms with E-state index in [0.29, 0.717) is 28.2 Å². The number of nitrogen functional groups attached to an aromatic ring is 1. The van der Waals surface area contributed by atoms with E-state index in [2.05, 4.69) is 9.72 Å². The van der Waals surface area contributed by atoms with Crippen LogP contribution < -0.4 is 11.3 Å². The minimum absolute atomic E-state index is 0.108. The van der Waals surface area contributed by atoms with E-state index in [-0.39, 0.29) is 30.2 Å². The molecule has 1 aromatic carbocycles. The number of nitrogens with zero attached hydrogens (tertiary/aromatic N) is 4. The lowest BCUT2D eigenvalue weighted by atomic mass is 10.0. The molecule has 0 atom stereocenters. The standard InChI is InChI=1S/C23H20F3N5O2/c1-30-11-15(6-9-19(30)32)21-20(14-4-7-16(24)8-5-14)29-22(27)18(28-21)13-31-10-2-3-17(12-31)33-23(25)26/h2-11,23H,12-13H2,1H3,(H2,27,29). The highest BCUT2D eigenvalue weighted by Gasteiger charge is 2.19. The van der Waals surface area contributed by atoms with Gasteiger partial charge in [0.1, 0.15) is 23.1 Å². The Morgan fingerprint density at radius 3 is 2.48 bits per heavy atom. The highest BCUT2D eigenvalue weighted by molar-refractivity contribution is 5.78. The summed E-state index contributed by atoms with van der Waals surface area (Å²) in [6, 6.07) is 8.78. The second-order valence-corrected chi connectivity index (χ2v) is 7.38. The van der Waals surface area contributed by atoms with Gasteiger partial charge < -0.3 is 19.9 Å². The van der Waals surface area contributed by atoms with Gasteiger partial charge in [0.2, 0.25) is 5.56 Å². The first kappa shape index (κ1) is 22.1. The molecule has 2 N–H and O–H groups in total. The summed E-state index contributed by atoms with van der Waals surface area (Å²) < 4.78 is 44.5. The molecule has 0 spiro atoms. The normalized spacial score (nSPS) is 13.4. The summed E-state index contributed by atoms with van der Waals surface area (Å²) in [6.45, 7) is -2.63. The zero-order valence-corrected chi connectivity index (χ0v) is 17.6. The number of hydrogen-bond donors (Lipinski definition) is 1. The second-order valence-electron chi connectivity index (χ2n) is 7.38. The number of hydrogen-bond acceptors (Lipinski definition) is 6. The van der Waals surface area contributed by atoms with Gasteiger partial charge in [-0.05, 0) is 42.5 Å². The van der Waals surface area contributed by atoms with Crippen LogP contribution in [0.4, 0.5) is 19.0 Å². The molecule has 7 nitrogen and oxygen atoms in total. The lowest BCUT2D eigenvalue weighted by Gasteiger charge is -2.25. The molecule has 4 rings (SSSR count).